The Hall–Kier alpha value is -1.73. The maximum absolute atomic E-state index is 11.5. The normalized spacial score (nSPS) is 11.4. The zero-order chi connectivity index (χ0) is 13.5. The zero-order valence-electron chi connectivity index (χ0n) is 10.8. The quantitative estimate of drug-likeness (QED) is 0.668. The predicted octanol–water partition coefficient (Wildman–Crippen LogP) is 2.77. The molecule has 3 nitrogen and oxygen atoms in total. The Balaban J connectivity index is 2.76. The number of benzene rings is 1. The summed E-state index contributed by atoms with van der Waals surface area (Å²) >= 11 is 1.05. The van der Waals surface area contributed by atoms with E-state index in [-0.39, 0.29) is 10.7 Å². The van der Waals surface area contributed by atoms with E-state index in [0.717, 1.165) is 17.3 Å². The van der Waals surface area contributed by atoms with Gasteiger partial charge in [-0.2, -0.15) is 5.26 Å². The van der Waals surface area contributed by atoms with Gasteiger partial charge in [0.05, 0.1) is 0 Å². The molecule has 18 heavy (non-hydrogen) atoms. The smallest absolute Gasteiger partial charge is 0.231 e. The number of hydrogen-bond donors (Lipinski definition) is 1. The van der Waals surface area contributed by atoms with Gasteiger partial charge in [-0.25, -0.2) is 0 Å². The molecule has 0 radical (unpaired) electrons. The Kier molecular flexibility index (Phi) is 5.47. The second kappa shape index (κ2) is 6.87. The lowest BCUT2D eigenvalue weighted by Crippen LogP contribution is -2.14. The van der Waals surface area contributed by atoms with Gasteiger partial charge in [0.1, 0.15) is 11.6 Å². The summed E-state index contributed by atoms with van der Waals surface area (Å²) in [5, 5.41) is 11.9. The van der Waals surface area contributed by atoms with E-state index >= 15 is 0 Å². The third kappa shape index (κ3) is 3.94. The van der Waals surface area contributed by atoms with E-state index < -0.39 is 0 Å². The van der Waals surface area contributed by atoms with E-state index in [1.807, 2.05) is 31.2 Å². The van der Waals surface area contributed by atoms with Crippen LogP contribution in [0.2, 0.25) is 0 Å². The molecule has 0 saturated carbocycles. The van der Waals surface area contributed by atoms with Crippen molar-refractivity contribution in [3.8, 4) is 6.07 Å². The Morgan fingerprint density at radius 2 is 2.22 bits per heavy atom. The molecule has 1 aromatic rings. The van der Waals surface area contributed by atoms with Crippen molar-refractivity contribution in [2.45, 2.75) is 20.4 Å². The molecule has 0 saturated heterocycles. The fourth-order valence-corrected chi connectivity index (χ4v) is 1.93. The van der Waals surface area contributed by atoms with Crippen LogP contribution >= 0.6 is 11.8 Å². The van der Waals surface area contributed by atoms with Crippen LogP contribution in [-0.4, -0.2) is 11.4 Å². The van der Waals surface area contributed by atoms with Gasteiger partial charge < -0.3 is 5.32 Å². The van der Waals surface area contributed by atoms with Gasteiger partial charge in [0.25, 0.3) is 0 Å². The minimum Gasteiger partial charge on any atom is -0.383 e. The number of carbonyl (C=O) groups excluding carboxylic acids is 1. The van der Waals surface area contributed by atoms with Crippen LogP contribution in [0.4, 0.5) is 0 Å². The molecule has 0 amide bonds. The first-order valence-corrected chi connectivity index (χ1v) is 6.79. The Morgan fingerprint density at radius 3 is 2.78 bits per heavy atom. The van der Waals surface area contributed by atoms with Crippen LogP contribution < -0.4 is 5.32 Å². The van der Waals surface area contributed by atoms with Crippen LogP contribution in [0, 0.1) is 18.3 Å². The second-order valence-electron chi connectivity index (χ2n) is 3.95. The largest absolute Gasteiger partial charge is 0.383 e. The number of thioether (sulfide) groups is 1. The van der Waals surface area contributed by atoms with E-state index in [2.05, 4.69) is 11.4 Å². The molecular weight excluding hydrogens is 244 g/mol. The van der Waals surface area contributed by atoms with Crippen molar-refractivity contribution < 1.29 is 4.79 Å². The molecule has 0 atom stereocenters. The summed E-state index contributed by atoms with van der Waals surface area (Å²) < 4.78 is 0. The maximum atomic E-state index is 11.5. The summed E-state index contributed by atoms with van der Waals surface area (Å²) in [6.45, 7) is 4.40. The maximum Gasteiger partial charge on any atom is 0.231 e. The molecule has 1 aromatic carbocycles. The molecule has 0 heterocycles. The van der Waals surface area contributed by atoms with Crippen molar-refractivity contribution in [1.82, 2.24) is 5.32 Å². The summed E-state index contributed by atoms with van der Waals surface area (Å²) in [7, 11) is 0. The highest BCUT2D eigenvalue weighted by Gasteiger charge is 2.10. The van der Waals surface area contributed by atoms with E-state index in [0.29, 0.717) is 12.2 Å². The van der Waals surface area contributed by atoms with Crippen molar-refractivity contribution in [2.75, 3.05) is 6.26 Å². The highest BCUT2D eigenvalue weighted by molar-refractivity contribution is 8.13. The summed E-state index contributed by atoms with van der Waals surface area (Å²) in [6.07, 6.45) is 1.67. The molecule has 1 N–H and O–H groups in total. The third-order valence-corrected chi connectivity index (χ3v) is 3.09. The standard InChI is InChI=1S/C14H16N2OS/c1-10-5-4-6-12(7-10)9-16-11(2)13(8-15)14(17)18-3/h4-7,16H,9H2,1-3H3/b13-11-. The van der Waals surface area contributed by atoms with Crippen LogP contribution in [0.1, 0.15) is 18.1 Å². The number of aryl methyl sites for hydroxylation is 1. The molecule has 94 valence electrons. The lowest BCUT2D eigenvalue weighted by Gasteiger charge is -2.08. The van der Waals surface area contributed by atoms with Crippen LogP contribution in [-0.2, 0) is 11.3 Å². The van der Waals surface area contributed by atoms with Crippen molar-refractivity contribution >= 4 is 16.9 Å². The van der Waals surface area contributed by atoms with Gasteiger partial charge in [-0.15, -0.1) is 0 Å². The zero-order valence-corrected chi connectivity index (χ0v) is 11.6. The molecule has 0 unspecified atom stereocenters. The SMILES string of the molecule is CSC(=O)/C(C#N)=C(/C)NCc1cccc(C)c1. The minimum absolute atomic E-state index is 0.190. The summed E-state index contributed by atoms with van der Waals surface area (Å²) in [4.78, 5) is 11.5. The van der Waals surface area contributed by atoms with Crippen molar-refractivity contribution in [2.24, 2.45) is 0 Å². The molecule has 4 heteroatoms. The van der Waals surface area contributed by atoms with Crippen molar-refractivity contribution in [3.63, 3.8) is 0 Å². The van der Waals surface area contributed by atoms with E-state index in [1.54, 1.807) is 13.2 Å². The third-order valence-electron chi connectivity index (χ3n) is 2.52. The van der Waals surface area contributed by atoms with Crippen molar-refractivity contribution in [1.29, 1.82) is 5.26 Å². The lowest BCUT2D eigenvalue weighted by atomic mass is 10.1. The molecule has 0 aliphatic carbocycles. The van der Waals surface area contributed by atoms with Gasteiger partial charge in [0.15, 0.2) is 0 Å². The van der Waals surface area contributed by atoms with Gasteiger partial charge in [-0.3, -0.25) is 4.79 Å². The first-order valence-electron chi connectivity index (χ1n) is 5.57. The number of rotatable bonds is 4. The molecule has 0 spiro atoms. The Morgan fingerprint density at radius 1 is 1.50 bits per heavy atom. The Bertz CT molecular complexity index is 515. The topological polar surface area (TPSA) is 52.9 Å². The van der Waals surface area contributed by atoms with Crippen molar-refractivity contribution in [3.05, 3.63) is 46.7 Å². The lowest BCUT2D eigenvalue weighted by molar-refractivity contribution is -0.107. The molecule has 0 aliphatic rings. The minimum atomic E-state index is -0.202. The number of carbonyl (C=O) groups is 1. The number of nitrogens with zero attached hydrogens (tertiary/aromatic N) is 1. The fraction of sp³-hybridized carbons (Fsp3) is 0.286. The average molecular weight is 260 g/mol. The van der Waals surface area contributed by atoms with Crippen LogP contribution in [0.25, 0.3) is 0 Å². The van der Waals surface area contributed by atoms with Crippen LogP contribution in [0.15, 0.2) is 35.5 Å². The number of allylic oxidation sites excluding steroid dienone is 1. The number of hydrogen-bond acceptors (Lipinski definition) is 4. The molecular formula is C14H16N2OS. The molecule has 0 aromatic heterocycles. The molecule has 0 fully saturated rings. The van der Waals surface area contributed by atoms with Gasteiger partial charge in [-0.05, 0) is 25.7 Å². The molecule has 1 rings (SSSR count). The number of nitrogens with one attached hydrogen (secondary N) is 1. The molecule has 0 aliphatic heterocycles. The average Bonchev–Trinajstić information content (AvgIpc) is 2.37. The highest BCUT2D eigenvalue weighted by Crippen LogP contribution is 2.11. The second-order valence-corrected chi connectivity index (χ2v) is 4.73. The fourth-order valence-electron chi connectivity index (χ4n) is 1.53. The van der Waals surface area contributed by atoms with E-state index in [9.17, 15) is 4.79 Å². The first kappa shape index (κ1) is 14.3. The predicted molar refractivity (Wildman–Crippen MR) is 74.9 cm³/mol. The van der Waals surface area contributed by atoms with Gasteiger partial charge >= 0.3 is 0 Å². The van der Waals surface area contributed by atoms with Gasteiger partial charge in [0, 0.05) is 12.2 Å². The molecule has 0 bridgehead atoms. The Labute approximate surface area is 112 Å². The highest BCUT2D eigenvalue weighted by atomic mass is 32.2. The summed E-state index contributed by atoms with van der Waals surface area (Å²) in [5.41, 5.74) is 3.13. The monoisotopic (exact) mass is 260 g/mol. The van der Waals surface area contributed by atoms with E-state index in [1.165, 1.54) is 5.56 Å². The van der Waals surface area contributed by atoms with Gasteiger partial charge in [0.2, 0.25) is 5.12 Å². The summed E-state index contributed by atoms with van der Waals surface area (Å²) in [5.74, 6) is 0. The van der Waals surface area contributed by atoms with Crippen LogP contribution in [0.3, 0.4) is 0 Å². The van der Waals surface area contributed by atoms with E-state index in [4.69, 9.17) is 5.26 Å². The van der Waals surface area contributed by atoms with Gasteiger partial charge in [-0.1, -0.05) is 41.6 Å². The number of nitriles is 1. The first-order chi connectivity index (χ1) is 8.58. The van der Waals surface area contributed by atoms with Crippen LogP contribution in [0.5, 0.6) is 0 Å². The summed E-state index contributed by atoms with van der Waals surface area (Å²) in [6, 6.07) is 10.1.